The van der Waals surface area contributed by atoms with E-state index >= 15 is 0 Å². The number of primary amides is 1. The van der Waals surface area contributed by atoms with Gasteiger partial charge in [-0.05, 0) is 29.7 Å². The third kappa shape index (κ3) is 2.84. The van der Waals surface area contributed by atoms with Gasteiger partial charge in [-0.2, -0.15) is 0 Å². The number of pyridine rings is 1. The van der Waals surface area contributed by atoms with Gasteiger partial charge in [-0.25, -0.2) is 4.98 Å². The number of ether oxygens (including phenoxy) is 1. The number of H-pyrrole nitrogens is 1. The van der Waals surface area contributed by atoms with Crippen LogP contribution in [0.25, 0.3) is 10.9 Å². The molecule has 0 aliphatic heterocycles. The van der Waals surface area contributed by atoms with E-state index < -0.39 is 5.91 Å². The van der Waals surface area contributed by atoms with Crippen molar-refractivity contribution in [3.63, 3.8) is 0 Å². The number of fused-ring (bicyclic) bond motifs is 1. The van der Waals surface area contributed by atoms with Crippen molar-refractivity contribution in [2.45, 2.75) is 0 Å². The molecule has 3 rings (SSSR count). The van der Waals surface area contributed by atoms with Crippen molar-refractivity contribution in [3.8, 4) is 5.88 Å². The Kier molecular flexibility index (Phi) is 3.68. The standard InChI is InChI=1S/C16H14N4O3/c1-23-16-12(14(17)21)7-11(8-19-16)20-15(22)10-3-2-9-4-5-18-13(9)6-10/h2-8,18H,1H3,(H2,17,21)(H,20,22). The second kappa shape index (κ2) is 5.80. The molecule has 7 nitrogen and oxygen atoms in total. The topological polar surface area (TPSA) is 110 Å². The Balaban J connectivity index is 1.87. The largest absolute Gasteiger partial charge is 0.480 e. The summed E-state index contributed by atoms with van der Waals surface area (Å²) in [7, 11) is 1.39. The van der Waals surface area contributed by atoms with Crippen molar-refractivity contribution in [2.75, 3.05) is 12.4 Å². The minimum absolute atomic E-state index is 0.102. The summed E-state index contributed by atoms with van der Waals surface area (Å²) < 4.78 is 4.96. The number of amides is 2. The first kappa shape index (κ1) is 14.6. The zero-order valence-electron chi connectivity index (χ0n) is 12.3. The zero-order chi connectivity index (χ0) is 16.4. The molecule has 0 aliphatic rings. The molecule has 0 radical (unpaired) electrons. The summed E-state index contributed by atoms with van der Waals surface area (Å²) in [5.41, 5.74) is 7.08. The summed E-state index contributed by atoms with van der Waals surface area (Å²) in [5, 5.41) is 3.70. The Morgan fingerprint density at radius 2 is 2.09 bits per heavy atom. The molecule has 0 saturated carbocycles. The van der Waals surface area contributed by atoms with Gasteiger partial charge in [0.05, 0.1) is 19.0 Å². The molecule has 0 bridgehead atoms. The Bertz CT molecular complexity index is 901. The number of aromatic amines is 1. The lowest BCUT2D eigenvalue weighted by Crippen LogP contribution is -2.16. The van der Waals surface area contributed by atoms with Gasteiger partial charge in [0.25, 0.3) is 11.8 Å². The van der Waals surface area contributed by atoms with E-state index in [9.17, 15) is 9.59 Å². The maximum absolute atomic E-state index is 12.3. The van der Waals surface area contributed by atoms with Crippen molar-refractivity contribution in [3.05, 3.63) is 53.9 Å². The monoisotopic (exact) mass is 310 g/mol. The van der Waals surface area contributed by atoms with Crippen LogP contribution < -0.4 is 15.8 Å². The smallest absolute Gasteiger partial charge is 0.255 e. The molecule has 2 amide bonds. The number of aromatic nitrogens is 2. The molecular formula is C16H14N4O3. The van der Waals surface area contributed by atoms with Gasteiger partial charge in [-0.3, -0.25) is 9.59 Å². The number of hydrogen-bond donors (Lipinski definition) is 3. The van der Waals surface area contributed by atoms with E-state index in [2.05, 4.69) is 15.3 Å². The van der Waals surface area contributed by atoms with Crippen LogP contribution in [0.15, 0.2) is 42.7 Å². The van der Waals surface area contributed by atoms with E-state index in [4.69, 9.17) is 10.5 Å². The minimum atomic E-state index is -0.682. The van der Waals surface area contributed by atoms with Crippen molar-refractivity contribution in [1.82, 2.24) is 9.97 Å². The second-order valence-corrected chi connectivity index (χ2v) is 4.88. The Morgan fingerprint density at radius 3 is 2.83 bits per heavy atom. The molecular weight excluding hydrogens is 296 g/mol. The average molecular weight is 310 g/mol. The third-order valence-corrected chi connectivity index (χ3v) is 3.39. The third-order valence-electron chi connectivity index (χ3n) is 3.39. The molecule has 0 unspecified atom stereocenters. The highest BCUT2D eigenvalue weighted by Crippen LogP contribution is 2.20. The Hall–Kier alpha value is -3.35. The van der Waals surface area contributed by atoms with Crippen molar-refractivity contribution >= 4 is 28.4 Å². The van der Waals surface area contributed by atoms with Gasteiger partial charge in [0, 0.05) is 17.3 Å². The lowest BCUT2D eigenvalue weighted by atomic mass is 10.1. The Morgan fingerprint density at radius 1 is 1.26 bits per heavy atom. The quantitative estimate of drug-likeness (QED) is 0.683. The van der Waals surface area contributed by atoms with Gasteiger partial charge in [0.2, 0.25) is 5.88 Å². The number of benzene rings is 1. The van der Waals surface area contributed by atoms with Gasteiger partial charge in [0.1, 0.15) is 5.56 Å². The van der Waals surface area contributed by atoms with Crippen LogP contribution in [0.1, 0.15) is 20.7 Å². The van der Waals surface area contributed by atoms with Crippen LogP contribution in [0, 0.1) is 0 Å². The molecule has 1 aromatic carbocycles. The molecule has 3 aromatic rings. The molecule has 0 aliphatic carbocycles. The van der Waals surface area contributed by atoms with Gasteiger partial charge in [-0.1, -0.05) is 6.07 Å². The van der Waals surface area contributed by atoms with E-state index in [0.29, 0.717) is 11.3 Å². The fraction of sp³-hybridized carbons (Fsp3) is 0.0625. The van der Waals surface area contributed by atoms with Gasteiger partial charge in [0.15, 0.2) is 0 Å². The van der Waals surface area contributed by atoms with E-state index in [0.717, 1.165) is 10.9 Å². The van der Waals surface area contributed by atoms with Crippen LogP contribution in [-0.4, -0.2) is 28.9 Å². The normalized spacial score (nSPS) is 10.5. The molecule has 116 valence electrons. The molecule has 0 spiro atoms. The number of nitrogens with one attached hydrogen (secondary N) is 2. The number of carbonyl (C=O) groups excluding carboxylic acids is 2. The fourth-order valence-corrected chi connectivity index (χ4v) is 2.25. The van der Waals surface area contributed by atoms with Crippen LogP contribution in [0.5, 0.6) is 5.88 Å². The molecule has 0 fully saturated rings. The molecule has 7 heteroatoms. The number of hydrogen-bond acceptors (Lipinski definition) is 4. The number of nitrogens with two attached hydrogens (primary N) is 1. The lowest BCUT2D eigenvalue weighted by molar-refractivity contribution is 0.0992. The van der Waals surface area contributed by atoms with E-state index in [1.165, 1.54) is 19.4 Å². The summed E-state index contributed by atoms with van der Waals surface area (Å²) >= 11 is 0. The SMILES string of the molecule is COc1ncc(NC(=O)c2ccc3cc[nH]c3c2)cc1C(N)=O. The predicted octanol–water partition coefficient (Wildman–Crippen LogP) is 1.92. The number of carbonyl (C=O) groups is 2. The summed E-state index contributed by atoms with van der Waals surface area (Å²) in [6.07, 6.45) is 3.20. The van der Waals surface area contributed by atoms with Gasteiger partial charge in [-0.15, -0.1) is 0 Å². The number of rotatable bonds is 4. The van der Waals surface area contributed by atoms with Crippen LogP contribution in [0.3, 0.4) is 0 Å². The summed E-state index contributed by atoms with van der Waals surface area (Å²) in [4.78, 5) is 30.7. The summed E-state index contributed by atoms with van der Waals surface area (Å²) in [5.74, 6) is -0.884. The first-order valence-electron chi connectivity index (χ1n) is 6.81. The average Bonchev–Trinajstić information content (AvgIpc) is 3.02. The zero-order valence-corrected chi connectivity index (χ0v) is 12.3. The lowest BCUT2D eigenvalue weighted by Gasteiger charge is -2.09. The first-order valence-corrected chi connectivity index (χ1v) is 6.81. The van der Waals surface area contributed by atoms with Gasteiger partial charge < -0.3 is 20.8 Å². The van der Waals surface area contributed by atoms with Gasteiger partial charge >= 0.3 is 0 Å². The molecule has 0 saturated heterocycles. The van der Waals surface area contributed by atoms with E-state index in [1.807, 2.05) is 12.1 Å². The maximum atomic E-state index is 12.3. The number of anilines is 1. The van der Waals surface area contributed by atoms with Crippen LogP contribution in [0.4, 0.5) is 5.69 Å². The van der Waals surface area contributed by atoms with E-state index in [1.54, 1.807) is 18.3 Å². The van der Waals surface area contributed by atoms with Crippen molar-refractivity contribution in [2.24, 2.45) is 5.73 Å². The summed E-state index contributed by atoms with van der Waals surface area (Å²) in [6.45, 7) is 0. The highest BCUT2D eigenvalue weighted by molar-refractivity contribution is 6.06. The van der Waals surface area contributed by atoms with Crippen molar-refractivity contribution in [1.29, 1.82) is 0 Å². The molecule has 0 atom stereocenters. The van der Waals surface area contributed by atoms with Crippen LogP contribution in [-0.2, 0) is 0 Å². The minimum Gasteiger partial charge on any atom is -0.480 e. The molecule has 23 heavy (non-hydrogen) atoms. The molecule has 2 heterocycles. The predicted molar refractivity (Wildman–Crippen MR) is 85.6 cm³/mol. The van der Waals surface area contributed by atoms with Crippen molar-refractivity contribution < 1.29 is 14.3 Å². The fourth-order valence-electron chi connectivity index (χ4n) is 2.25. The Labute approximate surface area is 131 Å². The highest BCUT2D eigenvalue weighted by atomic mass is 16.5. The molecule has 2 aromatic heterocycles. The van der Waals surface area contributed by atoms with Crippen LogP contribution >= 0.6 is 0 Å². The second-order valence-electron chi connectivity index (χ2n) is 4.88. The summed E-state index contributed by atoms with van der Waals surface area (Å²) in [6, 6.07) is 8.67. The number of methoxy groups -OCH3 is 1. The molecule has 4 N–H and O–H groups in total. The van der Waals surface area contributed by atoms with E-state index in [-0.39, 0.29) is 17.4 Å². The highest BCUT2D eigenvalue weighted by Gasteiger charge is 2.13. The number of nitrogens with zero attached hydrogens (tertiary/aromatic N) is 1. The first-order chi connectivity index (χ1) is 11.1. The maximum Gasteiger partial charge on any atom is 0.255 e. The van der Waals surface area contributed by atoms with Crippen LogP contribution in [0.2, 0.25) is 0 Å².